The zero-order chi connectivity index (χ0) is 20.8. The van der Waals surface area contributed by atoms with Gasteiger partial charge < -0.3 is 10.5 Å². The van der Waals surface area contributed by atoms with Crippen LogP contribution in [0, 0.1) is 0 Å². The Morgan fingerprint density at radius 2 is 1.62 bits per heavy atom. The monoisotopic (exact) mass is 490 g/mol. The van der Waals surface area contributed by atoms with Crippen molar-refractivity contribution >= 4 is 42.8 Å². The summed E-state index contributed by atoms with van der Waals surface area (Å²) in [6.45, 7) is 1.86. The van der Waals surface area contributed by atoms with E-state index in [2.05, 4.69) is 7.70 Å². The number of hydroxylamine groups is 1. The third-order valence-electron chi connectivity index (χ3n) is 3.08. The molecule has 0 saturated carbocycles. The SMILES string of the molecule is CC(=O)NO[As](=O)(OO)c1ccccc1.Cl.NCCC(=O)OCc1ccccc1. The van der Waals surface area contributed by atoms with Crippen LogP contribution in [0.15, 0.2) is 60.7 Å². The summed E-state index contributed by atoms with van der Waals surface area (Å²) in [5.41, 5.74) is 8.07. The molecule has 1 unspecified atom stereocenters. The van der Waals surface area contributed by atoms with Crippen LogP contribution in [0.4, 0.5) is 0 Å². The molecular weight excluding hydrogens is 467 g/mol. The first-order valence-electron chi connectivity index (χ1n) is 8.25. The van der Waals surface area contributed by atoms with Crippen molar-refractivity contribution < 1.29 is 31.0 Å². The molecule has 1 amide bonds. The first-order valence-corrected chi connectivity index (χ1v) is 11.5. The molecule has 11 heteroatoms. The molecule has 2 aromatic carbocycles. The van der Waals surface area contributed by atoms with Crippen LogP contribution < -0.4 is 15.6 Å². The summed E-state index contributed by atoms with van der Waals surface area (Å²) >= 11 is -4.55. The van der Waals surface area contributed by atoms with E-state index in [1.807, 2.05) is 35.8 Å². The van der Waals surface area contributed by atoms with E-state index < -0.39 is 20.1 Å². The number of hydrogen-bond acceptors (Lipinski definition) is 8. The molecule has 1 atom stereocenters. The van der Waals surface area contributed by atoms with Crippen molar-refractivity contribution in [1.29, 1.82) is 0 Å². The number of nitrogens with two attached hydrogens (primary N) is 1. The number of esters is 1. The van der Waals surface area contributed by atoms with Gasteiger partial charge >= 0.3 is 94.6 Å². The van der Waals surface area contributed by atoms with Gasteiger partial charge in [0.15, 0.2) is 0 Å². The second kappa shape index (κ2) is 14.8. The molecule has 2 aromatic rings. The summed E-state index contributed by atoms with van der Waals surface area (Å²) in [5.74, 6) is -0.782. The minimum atomic E-state index is -4.55. The van der Waals surface area contributed by atoms with Crippen molar-refractivity contribution in [2.24, 2.45) is 5.73 Å². The van der Waals surface area contributed by atoms with Gasteiger partial charge in [-0.1, -0.05) is 30.3 Å². The van der Waals surface area contributed by atoms with Crippen LogP contribution in [0.25, 0.3) is 0 Å². The predicted molar refractivity (Wildman–Crippen MR) is 108 cm³/mol. The number of halogens is 1. The molecule has 29 heavy (non-hydrogen) atoms. The van der Waals surface area contributed by atoms with E-state index >= 15 is 0 Å². The fourth-order valence-corrected chi connectivity index (χ4v) is 3.92. The average Bonchev–Trinajstić information content (AvgIpc) is 2.72. The summed E-state index contributed by atoms with van der Waals surface area (Å²) in [6, 6.07) is 17.4. The summed E-state index contributed by atoms with van der Waals surface area (Å²) in [5, 5.41) is 8.54. The fraction of sp³-hybridized carbons (Fsp3) is 0.222. The van der Waals surface area contributed by atoms with Crippen LogP contribution >= 0.6 is 12.4 Å². The van der Waals surface area contributed by atoms with Gasteiger partial charge in [0, 0.05) is 6.54 Å². The van der Waals surface area contributed by atoms with Gasteiger partial charge in [0.2, 0.25) is 0 Å². The van der Waals surface area contributed by atoms with Gasteiger partial charge in [-0.3, -0.25) is 4.79 Å². The molecule has 0 saturated heterocycles. The Bertz CT molecular complexity index is 778. The standard InChI is InChI=1S/C10H13NO2.C8H10AsNO5.ClH/c11-7-6-10(12)13-8-9-4-2-1-3-5-9;1-7(11)10-14-9(12,15-13)8-5-3-2-4-6-8;/h1-5H,6-8,11H2;2-6,13H,1H3,(H,10,11);1H. The number of amides is 1. The number of rotatable bonds is 8. The quantitative estimate of drug-likeness (QED) is 0.218. The molecule has 4 N–H and O–H groups in total. The maximum absolute atomic E-state index is 11.8. The van der Waals surface area contributed by atoms with Gasteiger partial charge in [-0.15, -0.1) is 12.4 Å². The maximum Gasteiger partial charge on any atom is 0.307 e. The van der Waals surface area contributed by atoms with E-state index in [0.29, 0.717) is 13.2 Å². The van der Waals surface area contributed by atoms with Crippen molar-refractivity contribution in [3.63, 3.8) is 0 Å². The third kappa shape index (κ3) is 10.8. The van der Waals surface area contributed by atoms with Crippen LogP contribution in [-0.2, 0) is 32.4 Å². The Morgan fingerprint density at radius 3 is 2.10 bits per heavy atom. The van der Waals surface area contributed by atoms with Crippen molar-refractivity contribution in [3.8, 4) is 0 Å². The minimum absolute atomic E-state index is 0. The van der Waals surface area contributed by atoms with Crippen LogP contribution in [0.3, 0.4) is 0 Å². The first kappa shape index (κ1) is 26.9. The van der Waals surface area contributed by atoms with Crippen molar-refractivity contribution in [3.05, 3.63) is 66.2 Å². The number of hydrogen-bond donors (Lipinski definition) is 3. The Kier molecular flexibility index (Phi) is 13.7. The van der Waals surface area contributed by atoms with Crippen molar-refractivity contribution in [2.75, 3.05) is 6.54 Å². The molecule has 0 aliphatic heterocycles. The zero-order valence-corrected chi connectivity index (χ0v) is 18.4. The summed E-state index contributed by atoms with van der Waals surface area (Å²) in [7, 11) is 0. The molecule has 0 fully saturated rings. The third-order valence-corrected chi connectivity index (χ3v) is 6.18. The molecule has 0 heterocycles. The van der Waals surface area contributed by atoms with E-state index in [9.17, 15) is 13.3 Å². The molecule has 0 aliphatic carbocycles. The van der Waals surface area contributed by atoms with Crippen LogP contribution in [-0.4, -0.2) is 37.9 Å². The predicted octanol–water partition coefficient (Wildman–Crippen LogP) is 1.32. The van der Waals surface area contributed by atoms with Crippen LogP contribution in [0.2, 0.25) is 0 Å². The van der Waals surface area contributed by atoms with Gasteiger partial charge in [0.25, 0.3) is 0 Å². The number of carbonyl (C=O) groups excluding carboxylic acids is 2. The molecule has 0 aliphatic rings. The molecule has 0 spiro atoms. The Hall–Kier alpha value is -2.13. The molecule has 9 nitrogen and oxygen atoms in total. The average molecular weight is 491 g/mol. The van der Waals surface area contributed by atoms with Crippen LogP contribution in [0.5, 0.6) is 0 Å². The molecular formula is C18H24AsClN2O7. The fourth-order valence-electron chi connectivity index (χ4n) is 1.78. The van der Waals surface area contributed by atoms with Crippen LogP contribution in [0.1, 0.15) is 18.9 Å². The van der Waals surface area contributed by atoms with E-state index in [1.54, 1.807) is 18.2 Å². The molecule has 2 rings (SSSR count). The number of benzene rings is 2. The van der Waals surface area contributed by atoms with E-state index in [0.717, 1.165) is 5.56 Å². The van der Waals surface area contributed by atoms with Gasteiger partial charge in [0.05, 0.1) is 6.42 Å². The molecule has 0 aromatic heterocycles. The minimum Gasteiger partial charge on any atom is -0.461 e. The topological polar surface area (TPSA) is 137 Å². The maximum atomic E-state index is 11.8. The first-order chi connectivity index (χ1) is 13.4. The smallest absolute Gasteiger partial charge is 0.307 e. The number of ether oxygens (including phenoxy) is 1. The van der Waals surface area contributed by atoms with E-state index in [-0.39, 0.29) is 29.1 Å². The second-order valence-corrected chi connectivity index (χ2v) is 9.25. The second-order valence-electron chi connectivity index (χ2n) is 5.35. The molecule has 0 bridgehead atoms. The van der Waals surface area contributed by atoms with Gasteiger partial charge in [-0.05, 0) is 5.56 Å². The van der Waals surface area contributed by atoms with Gasteiger partial charge in [-0.2, -0.15) is 0 Å². The van der Waals surface area contributed by atoms with E-state index in [1.165, 1.54) is 19.1 Å². The normalized spacial score (nSPS) is 11.7. The number of carbonyl (C=O) groups is 2. The Morgan fingerprint density at radius 1 is 1.07 bits per heavy atom. The Balaban J connectivity index is 0.000000527. The van der Waals surface area contributed by atoms with Gasteiger partial charge in [-0.25, -0.2) is 0 Å². The molecule has 0 radical (unpaired) electrons. The number of nitrogens with one attached hydrogen (secondary N) is 1. The zero-order valence-electron chi connectivity index (χ0n) is 15.7. The Labute approximate surface area is 177 Å². The summed E-state index contributed by atoms with van der Waals surface area (Å²) in [4.78, 5) is 21.5. The van der Waals surface area contributed by atoms with Gasteiger partial charge in [0.1, 0.15) is 6.61 Å². The largest absolute Gasteiger partial charge is 0.461 e. The summed E-state index contributed by atoms with van der Waals surface area (Å²) < 4.78 is 25.4. The van der Waals surface area contributed by atoms with Crippen molar-refractivity contribution in [1.82, 2.24) is 5.48 Å². The summed E-state index contributed by atoms with van der Waals surface area (Å²) in [6.07, 6.45) is 0.285. The van der Waals surface area contributed by atoms with Crippen molar-refractivity contribution in [2.45, 2.75) is 20.0 Å². The van der Waals surface area contributed by atoms with E-state index in [4.69, 9.17) is 15.7 Å². The molecule has 160 valence electrons.